The minimum absolute atomic E-state index is 0.0586. The zero-order chi connectivity index (χ0) is 20.4. The number of furan rings is 1. The molecule has 0 spiro atoms. The number of thiazole rings is 1. The largest absolute Gasteiger partial charge is 0.448 e. The van der Waals surface area contributed by atoms with Gasteiger partial charge in [0.25, 0.3) is 5.91 Å². The van der Waals surface area contributed by atoms with Gasteiger partial charge in [0.05, 0.1) is 15.1 Å². The summed E-state index contributed by atoms with van der Waals surface area (Å²) in [6, 6.07) is 17.4. The number of aromatic nitrogens is 1. The van der Waals surface area contributed by atoms with Crippen LogP contribution in [0.1, 0.15) is 16.1 Å². The van der Waals surface area contributed by atoms with Gasteiger partial charge in [0.2, 0.25) is 10.0 Å². The Balaban J connectivity index is 1.37. The molecule has 0 aliphatic heterocycles. The number of sulfonamides is 1. The molecule has 3 N–H and O–H groups in total. The maximum absolute atomic E-state index is 12.3. The van der Waals surface area contributed by atoms with Gasteiger partial charge in [-0.2, -0.15) is 0 Å². The third kappa shape index (κ3) is 4.37. The number of hydrogen-bond acceptors (Lipinski definition) is 6. The highest BCUT2D eigenvalue weighted by Gasteiger charge is 2.15. The molecule has 0 atom stereocenters. The molecule has 4 aromatic rings. The van der Waals surface area contributed by atoms with Crippen LogP contribution in [0.2, 0.25) is 0 Å². The summed E-state index contributed by atoms with van der Waals surface area (Å²) in [4.78, 5) is 16.9. The van der Waals surface area contributed by atoms with Gasteiger partial charge in [-0.25, -0.2) is 18.5 Å². The topological polar surface area (TPSA) is 115 Å². The SMILES string of the molecule is NS(=O)(=O)c1ccc(CCNC(=O)c2ccc(-c3nc4ccccc4s3)o2)cc1. The highest BCUT2D eigenvalue weighted by Crippen LogP contribution is 2.31. The maximum Gasteiger partial charge on any atom is 0.287 e. The summed E-state index contributed by atoms with van der Waals surface area (Å²) in [6.45, 7) is 0.380. The second-order valence-electron chi connectivity index (χ2n) is 6.35. The smallest absolute Gasteiger partial charge is 0.287 e. The lowest BCUT2D eigenvalue weighted by molar-refractivity contribution is 0.0927. The van der Waals surface area contributed by atoms with Gasteiger partial charge in [-0.3, -0.25) is 4.79 Å². The Morgan fingerprint density at radius 2 is 1.83 bits per heavy atom. The molecular weight excluding hydrogens is 410 g/mol. The molecule has 2 aromatic heterocycles. The maximum atomic E-state index is 12.3. The molecule has 0 unspecified atom stereocenters. The number of hydrogen-bond donors (Lipinski definition) is 2. The summed E-state index contributed by atoms with van der Waals surface area (Å²) >= 11 is 1.51. The molecule has 0 fully saturated rings. The van der Waals surface area contributed by atoms with Gasteiger partial charge in [-0.15, -0.1) is 11.3 Å². The van der Waals surface area contributed by atoms with Gasteiger partial charge >= 0.3 is 0 Å². The number of amides is 1. The molecule has 2 heterocycles. The third-order valence-electron chi connectivity index (χ3n) is 4.29. The van der Waals surface area contributed by atoms with Gasteiger partial charge in [-0.1, -0.05) is 24.3 Å². The number of primary sulfonamides is 1. The minimum Gasteiger partial charge on any atom is -0.448 e. The molecule has 4 rings (SSSR count). The van der Waals surface area contributed by atoms with Crippen molar-refractivity contribution in [3.8, 4) is 10.8 Å². The lowest BCUT2D eigenvalue weighted by Gasteiger charge is -2.04. The molecule has 7 nitrogen and oxygen atoms in total. The molecule has 0 saturated heterocycles. The number of para-hydroxylation sites is 1. The Morgan fingerprint density at radius 3 is 2.55 bits per heavy atom. The van der Waals surface area contributed by atoms with Crippen LogP contribution < -0.4 is 10.5 Å². The summed E-state index contributed by atoms with van der Waals surface area (Å²) in [5.74, 6) is 0.442. The molecule has 0 aliphatic rings. The van der Waals surface area contributed by atoms with Crippen LogP contribution in [0, 0.1) is 0 Å². The molecular formula is C20H17N3O4S2. The first-order valence-electron chi connectivity index (χ1n) is 8.76. The van der Waals surface area contributed by atoms with Crippen LogP contribution >= 0.6 is 11.3 Å². The summed E-state index contributed by atoms with van der Waals surface area (Å²) < 4.78 is 29.3. The van der Waals surface area contributed by atoms with Crippen molar-refractivity contribution in [2.24, 2.45) is 5.14 Å². The minimum atomic E-state index is -3.71. The highest BCUT2D eigenvalue weighted by molar-refractivity contribution is 7.89. The van der Waals surface area contributed by atoms with E-state index in [0.717, 1.165) is 20.8 Å². The number of nitrogens with one attached hydrogen (secondary N) is 1. The normalized spacial score (nSPS) is 11.6. The number of nitrogens with two attached hydrogens (primary N) is 1. The van der Waals surface area contributed by atoms with Crippen molar-refractivity contribution in [3.05, 3.63) is 72.0 Å². The molecule has 9 heteroatoms. The Hall–Kier alpha value is -3.01. The average Bonchev–Trinajstić information content (AvgIpc) is 3.34. The molecule has 29 heavy (non-hydrogen) atoms. The molecule has 0 saturated carbocycles. The molecule has 2 aromatic carbocycles. The Morgan fingerprint density at radius 1 is 1.07 bits per heavy atom. The number of benzene rings is 2. The first-order chi connectivity index (χ1) is 13.9. The van der Waals surface area contributed by atoms with Crippen molar-refractivity contribution < 1.29 is 17.6 Å². The van der Waals surface area contributed by atoms with Gasteiger partial charge in [0, 0.05) is 6.54 Å². The molecule has 1 amide bonds. The third-order valence-corrected chi connectivity index (χ3v) is 6.27. The second-order valence-corrected chi connectivity index (χ2v) is 8.94. The monoisotopic (exact) mass is 427 g/mol. The summed E-state index contributed by atoms with van der Waals surface area (Å²) in [7, 11) is -3.71. The van der Waals surface area contributed by atoms with Crippen molar-refractivity contribution in [2.75, 3.05) is 6.54 Å². The van der Waals surface area contributed by atoms with Crippen LogP contribution in [0.5, 0.6) is 0 Å². The fourth-order valence-electron chi connectivity index (χ4n) is 2.81. The molecule has 148 valence electrons. The van der Waals surface area contributed by atoms with E-state index in [2.05, 4.69) is 10.3 Å². The zero-order valence-electron chi connectivity index (χ0n) is 15.2. The van der Waals surface area contributed by atoms with Crippen LogP contribution in [0.25, 0.3) is 21.0 Å². The van der Waals surface area contributed by atoms with E-state index >= 15 is 0 Å². The van der Waals surface area contributed by atoms with E-state index in [1.54, 1.807) is 24.3 Å². The summed E-state index contributed by atoms with van der Waals surface area (Å²) in [5, 5.41) is 8.59. The predicted molar refractivity (Wildman–Crippen MR) is 111 cm³/mol. The first kappa shape index (κ1) is 19.3. The number of carbonyl (C=O) groups is 1. The van der Waals surface area contributed by atoms with E-state index < -0.39 is 10.0 Å². The molecule has 0 aliphatic carbocycles. The van der Waals surface area contributed by atoms with E-state index in [0.29, 0.717) is 18.7 Å². The molecule has 0 bridgehead atoms. The lowest BCUT2D eigenvalue weighted by atomic mass is 10.1. The number of nitrogens with zero attached hydrogens (tertiary/aromatic N) is 1. The number of carbonyl (C=O) groups excluding carboxylic acids is 1. The zero-order valence-corrected chi connectivity index (χ0v) is 16.8. The van der Waals surface area contributed by atoms with E-state index in [1.807, 2.05) is 24.3 Å². The van der Waals surface area contributed by atoms with Crippen LogP contribution in [0.15, 0.2) is 70.0 Å². The van der Waals surface area contributed by atoms with Crippen molar-refractivity contribution in [1.29, 1.82) is 0 Å². The van der Waals surface area contributed by atoms with Crippen LogP contribution in [-0.2, 0) is 16.4 Å². The second kappa shape index (κ2) is 7.78. The Labute approximate surface area is 171 Å². The van der Waals surface area contributed by atoms with Crippen molar-refractivity contribution >= 4 is 37.5 Å². The van der Waals surface area contributed by atoms with E-state index in [9.17, 15) is 13.2 Å². The van der Waals surface area contributed by atoms with Crippen LogP contribution in [0.4, 0.5) is 0 Å². The van der Waals surface area contributed by atoms with E-state index in [-0.39, 0.29) is 16.6 Å². The number of fused-ring (bicyclic) bond motifs is 1. The van der Waals surface area contributed by atoms with Gasteiger partial charge in [0.15, 0.2) is 16.5 Å². The lowest BCUT2D eigenvalue weighted by Crippen LogP contribution is -2.25. The predicted octanol–water partition coefficient (Wildman–Crippen LogP) is 3.18. The standard InChI is InChI=1S/C20H17N3O4S2/c21-29(25,26)14-7-5-13(6-8-14)11-12-22-19(24)16-9-10-17(27-16)20-23-15-3-1-2-4-18(15)28-20/h1-10H,11-12H2,(H,22,24)(H2,21,25,26). The van der Waals surface area contributed by atoms with E-state index in [4.69, 9.17) is 9.56 Å². The highest BCUT2D eigenvalue weighted by atomic mass is 32.2. The summed E-state index contributed by atoms with van der Waals surface area (Å²) in [5.41, 5.74) is 1.77. The van der Waals surface area contributed by atoms with Gasteiger partial charge in [0.1, 0.15) is 0 Å². The Kier molecular flexibility index (Phi) is 5.18. The van der Waals surface area contributed by atoms with Crippen molar-refractivity contribution in [2.45, 2.75) is 11.3 Å². The van der Waals surface area contributed by atoms with Crippen LogP contribution in [-0.4, -0.2) is 25.9 Å². The molecule has 0 radical (unpaired) electrons. The van der Waals surface area contributed by atoms with Crippen LogP contribution in [0.3, 0.4) is 0 Å². The van der Waals surface area contributed by atoms with E-state index in [1.165, 1.54) is 23.5 Å². The first-order valence-corrected chi connectivity index (χ1v) is 11.1. The van der Waals surface area contributed by atoms with Gasteiger partial charge < -0.3 is 9.73 Å². The van der Waals surface area contributed by atoms with Crippen molar-refractivity contribution in [1.82, 2.24) is 10.3 Å². The van der Waals surface area contributed by atoms with Crippen molar-refractivity contribution in [3.63, 3.8) is 0 Å². The fourth-order valence-corrected chi connectivity index (χ4v) is 4.25. The van der Waals surface area contributed by atoms with Gasteiger partial charge in [-0.05, 0) is 48.4 Å². The Bertz CT molecular complexity index is 1240. The summed E-state index contributed by atoms with van der Waals surface area (Å²) in [6.07, 6.45) is 0.544. The average molecular weight is 428 g/mol. The number of rotatable bonds is 6. The quantitative estimate of drug-likeness (QED) is 0.490. The fraction of sp³-hybridized carbons (Fsp3) is 0.100.